The SMILES string of the molecule is COc1cccc(CCCN2CC[C@@H](N)C2)c1. The van der Waals surface area contributed by atoms with Gasteiger partial charge in [-0.1, -0.05) is 12.1 Å². The van der Waals surface area contributed by atoms with Gasteiger partial charge in [0.1, 0.15) is 5.75 Å². The van der Waals surface area contributed by atoms with Crippen molar-refractivity contribution in [2.45, 2.75) is 25.3 Å². The predicted octanol–water partition coefficient (Wildman–Crippen LogP) is 1.66. The number of nitrogens with zero attached hydrogens (tertiary/aromatic N) is 1. The normalized spacial score (nSPS) is 20.7. The van der Waals surface area contributed by atoms with Crippen LogP contribution in [0.4, 0.5) is 0 Å². The first-order valence-electron chi connectivity index (χ1n) is 6.39. The first kappa shape index (κ1) is 12.4. The molecule has 1 fully saturated rings. The van der Waals surface area contributed by atoms with Gasteiger partial charge in [-0.05, 0) is 50.0 Å². The number of benzene rings is 1. The molecule has 0 bridgehead atoms. The van der Waals surface area contributed by atoms with Crippen LogP contribution in [0.25, 0.3) is 0 Å². The van der Waals surface area contributed by atoms with Gasteiger partial charge in [0, 0.05) is 12.6 Å². The van der Waals surface area contributed by atoms with Crippen molar-refractivity contribution in [3.8, 4) is 5.75 Å². The minimum absolute atomic E-state index is 0.395. The van der Waals surface area contributed by atoms with Gasteiger partial charge in [0.05, 0.1) is 7.11 Å². The third-order valence-corrected chi connectivity index (χ3v) is 3.38. The summed E-state index contributed by atoms with van der Waals surface area (Å²) in [4.78, 5) is 2.46. The molecule has 0 unspecified atom stereocenters. The molecule has 0 aromatic heterocycles. The molecule has 17 heavy (non-hydrogen) atoms. The van der Waals surface area contributed by atoms with E-state index in [2.05, 4.69) is 23.1 Å². The maximum atomic E-state index is 5.89. The van der Waals surface area contributed by atoms with Crippen molar-refractivity contribution < 1.29 is 4.74 Å². The summed E-state index contributed by atoms with van der Waals surface area (Å²) in [7, 11) is 1.71. The van der Waals surface area contributed by atoms with Crippen LogP contribution >= 0.6 is 0 Å². The fraction of sp³-hybridized carbons (Fsp3) is 0.571. The lowest BCUT2D eigenvalue weighted by atomic mass is 10.1. The summed E-state index contributed by atoms with van der Waals surface area (Å²) in [6, 6.07) is 8.73. The molecule has 2 N–H and O–H groups in total. The second-order valence-corrected chi connectivity index (χ2v) is 4.80. The standard InChI is InChI=1S/C14H22N2O/c1-17-14-6-2-4-12(10-14)5-3-8-16-9-7-13(15)11-16/h2,4,6,10,13H,3,5,7-9,11,15H2,1H3/t13-/m1/s1. The fourth-order valence-electron chi connectivity index (χ4n) is 2.40. The minimum atomic E-state index is 0.395. The Kier molecular flexibility index (Phi) is 4.40. The number of hydrogen-bond acceptors (Lipinski definition) is 3. The molecular formula is C14H22N2O. The Morgan fingerprint density at radius 1 is 1.47 bits per heavy atom. The fourth-order valence-corrected chi connectivity index (χ4v) is 2.40. The monoisotopic (exact) mass is 234 g/mol. The highest BCUT2D eigenvalue weighted by Gasteiger charge is 2.17. The highest BCUT2D eigenvalue weighted by Crippen LogP contribution is 2.14. The van der Waals surface area contributed by atoms with Crippen LogP contribution in [0.1, 0.15) is 18.4 Å². The van der Waals surface area contributed by atoms with Gasteiger partial charge in [0.25, 0.3) is 0 Å². The smallest absolute Gasteiger partial charge is 0.119 e. The maximum absolute atomic E-state index is 5.89. The molecule has 0 spiro atoms. The molecule has 0 radical (unpaired) electrons. The van der Waals surface area contributed by atoms with E-state index in [9.17, 15) is 0 Å². The van der Waals surface area contributed by atoms with E-state index in [0.717, 1.165) is 31.7 Å². The van der Waals surface area contributed by atoms with E-state index in [0.29, 0.717) is 6.04 Å². The molecule has 1 heterocycles. The Morgan fingerprint density at radius 2 is 2.35 bits per heavy atom. The number of ether oxygens (including phenoxy) is 1. The van der Waals surface area contributed by atoms with Crippen LogP contribution in [0.2, 0.25) is 0 Å². The molecule has 1 aromatic rings. The average Bonchev–Trinajstić information content (AvgIpc) is 2.75. The van der Waals surface area contributed by atoms with Crippen molar-refractivity contribution in [2.24, 2.45) is 5.73 Å². The third-order valence-electron chi connectivity index (χ3n) is 3.38. The lowest BCUT2D eigenvalue weighted by molar-refractivity contribution is 0.329. The Labute approximate surface area is 104 Å². The lowest BCUT2D eigenvalue weighted by Gasteiger charge is -2.14. The van der Waals surface area contributed by atoms with Crippen molar-refractivity contribution in [3.05, 3.63) is 29.8 Å². The molecule has 94 valence electrons. The Bertz CT molecular complexity index is 354. The van der Waals surface area contributed by atoms with Gasteiger partial charge >= 0.3 is 0 Å². The third kappa shape index (κ3) is 3.72. The topological polar surface area (TPSA) is 38.5 Å². The molecule has 1 atom stereocenters. The van der Waals surface area contributed by atoms with Gasteiger partial charge in [0.2, 0.25) is 0 Å². The number of hydrogen-bond donors (Lipinski definition) is 1. The highest BCUT2D eigenvalue weighted by molar-refractivity contribution is 5.28. The van der Waals surface area contributed by atoms with Gasteiger partial charge in [-0.25, -0.2) is 0 Å². The van der Waals surface area contributed by atoms with E-state index < -0.39 is 0 Å². The van der Waals surface area contributed by atoms with Crippen LogP contribution < -0.4 is 10.5 Å². The summed E-state index contributed by atoms with van der Waals surface area (Å²) in [6.07, 6.45) is 3.46. The summed E-state index contributed by atoms with van der Waals surface area (Å²) in [5.41, 5.74) is 7.24. The number of nitrogens with two attached hydrogens (primary N) is 1. The molecule has 3 heteroatoms. The predicted molar refractivity (Wildman–Crippen MR) is 70.3 cm³/mol. The number of rotatable bonds is 5. The second-order valence-electron chi connectivity index (χ2n) is 4.80. The van der Waals surface area contributed by atoms with E-state index in [1.165, 1.54) is 18.5 Å². The van der Waals surface area contributed by atoms with E-state index >= 15 is 0 Å². The molecule has 1 saturated heterocycles. The van der Waals surface area contributed by atoms with Gasteiger partial charge in [-0.3, -0.25) is 0 Å². The Morgan fingerprint density at radius 3 is 3.06 bits per heavy atom. The molecular weight excluding hydrogens is 212 g/mol. The molecule has 1 aliphatic heterocycles. The first-order chi connectivity index (χ1) is 8.28. The van der Waals surface area contributed by atoms with Crippen LogP contribution in [0.3, 0.4) is 0 Å². The van der Waals surface area contributed by atoms with Crippen molar-refractivity contribution in [1.82, 2.24) is 4.90 Å². The summed E-state index contributed by atoms with van der Waals surface area (Å²) < 4.78 is 5.22. The molecule has 3 nitrogen and oxygen atoms in total. The quantitative estimate of drug-likeness (QED) is 0.842. The van der Waals surface area contributed by atoms with Crippen LogP contribution in [-0.2, 0) is 6.42 Å². The molecule has 0 amide bonds. The molecule has 1 aromatic carbocycles. The van der Waals surface area contributed by atoms with Crippen molar-refractivity contribution in [2.75, 3.05) is 26.7 Å². The van der Waals surface area contributed by atoms with Crippen LogP contribution in [0.15, 0.2) is 24.3 Å². The van der Waals surface area contributed by atoms with Crippen LogP contribution in [-0.4, -0.2) is 37.7 Å². The molecule has 0 aliphatic carbocycles. The number of likely N-dealkylation sites (tertiary alicyclic amines) is 1. The van der Waals surface area contributed by atoms with E-state index in [4.69, 9.17) is 10.5 Å². The summed E-state index contributed by atoms with van der Waals surface area (Å²) in [6.45, 7) is 3.39. The van der Waals surface area contributed by atoms with E-state index in [1.807, 2.05) is 6.07 Å². The van der Waals surface area contributed by atoms with E-state index in [1.54, 1.807) is 7.11 Å². The lowest BCUT2D eigenvalue weighted by Crippen LogP contribution is -2.27. The molecule has 0 saturated carbocycles. The number of methoxy groups -OCH3 is 1. The number of aryl methyl sites for hydroxylation is 1. The van der Waals surface area contributed by atoms with Crippen molar-refractivity contribution >= 4 is 0 Å². The van der Waals surface area contributed by atoms with Crippen LogP contribution in [0.5, 0.6) is 5.75 Å². The van der Waals surface area contributed by atoms with Gasteiger partial charge in [-0.2, -0.15) is 0 Å². The van der Waals surface area contributed by atoms with Crippen molar-refractivity contribution in [1.29, 1.82) is 0 Å². The zero-order valence-corrected chi connectivity index (χ0v) is 10.6. The molecule has 2 rings (SSSR count). The average molecular weight is 234 g/mol. The Balaban J connectivity index is 1.74. The minimum Gasteiger partial charge on any atom is -0.497 e. The highest BCUT2D eigenvalue weighted by atomic mass is 16.5. The maximum Gasteiger partial charge on any atom is 0.119 e. The Hall–Kier alpha value is -1.06. The molecule has 1 aliphatic rings. The summed E-state index contributed by atoms with van der Waals surface area (Å²) in [5.74, 6) is 0.950. The zero-order valence-electron chi connectivity index (χ0n) is 10.6. The second kappa shape index (κ2) is 6.03. The largest absolute Gasteiger partial charge is 0.497 e. The van der Waals surface area contributed by atoms with Gasteiger partial charge in [-0.15, -0.1) is 0 Å². The first-order valence-corrected chi connectivity index (χ1v) is 6.39. The van der Waals surface area contributed by atoms with Gasteiger partial charge < -0.3 is 15.4 Å². The summed E-state index contributed by atoms with van der Waals surface area (Å²) >= 11 is 0. The summed E-state index contributed by atoms with van der Waals surface area (Å²) in [5, 5.41) is 0. The van der Waals surface area contributed by atoms with Gasteiger partial charge in [0.15, 0.2) is 0 Å². The van der Waals surface area contributed by atoms with Crippen molar-refractivity contribution in [3.63, 3.8) is 0 Å². The zero-order chi connectivity index (χ0) is 12.1. The van der Waals surface area contributed by atoms with Crippen LogP contribution in [0, 0.1) is 0 Å². The van der Waals surface area contributed by atoms with E-state index in [-0.39, 0.29) is 0 Å².